The molecule has 204 valence electrons. The highest BCUT2D eigenvalue weighted by molar-refractivity contribution is 6.62. The van der Waals surface area contributed by atoms with Crippen LogP contribution < -0.4 is 15.3 Å². The molecule has 0 spiro atoms. The highest BCUT2D eigenvalue weighted by Gasteiger charge is 2.52. The first-order valence-electron chi connectivity index (χ1n) is 14.1. The predicted octanol–water partition coefficient (Wildman–Crippen LogP) is 8.93. The second-order valence-corrected chi connectivity index (χ2v) is 11.4. The van der Waals surface area contributed by atoms with E-state index >= 15 is 0 Å². The molecule has 1 aliphatic rings. The Morgan fingerprint density at radius 2 is 0.707 bits per heavy atom. The van der Waals surface area contributed by atoms with Crippen molar-refractivity contribution in [2.24, 2.45) is 0 Å². The van der Waals surface area contributed by atoms with Crippen LogP contribution in [0.25, 0.3) is 0 Å². The molecular weight excluding hydrogens is 503 g/mol. The van der Waals surface area contributed by atoms with Gasteiger partial charge in [-0.25, -0.2) is 0 Å². The van der Waals surface area contributed by atoms with Crippen LogP contribution in [-0.2, 0) is 9.31 Å². The molecule has 1 heterocycles. The predicted molar refractivity (Wildman–Crippen MR) is 172 cm³/mol. The Labute approximate surface area is 243 Å². The number of hydrogen-bond acceptors (Lipinski definition) is 4. The first-order valence-corrected chi connectivity index (χ1v) is 14.1. The Bertz CT molecular complexity index is 1400. The molecule has 0 radical (unpaired) electrons. The summed E-state index contributed by atoms with van der Waals surface area (Å²) in [6, 6.07) is 48.5. The summed E-state index contributed by atoms with van der Waals surface area (Å²) in [6.07, 6.45) is 0. The third-order valence-electron chi connectivity index (χ3n) is 8.02. The van der Waals surface area contributed by atoms with Crippen molar-refractivity contribution < 1.29 is 9.31 Å². The second-order valence-electron chi connectivity index (χ2n) is 11.4. The van der Waals surface area contributed by atoms with Crippen LogP contribution in [0.15, 0.2) is 140 Å². The van der Waals surface area contributed by atoms with E-state index in [4.69, 9.17) is 9.31 Å². The minimum Gasteiger partial charge on any atom is -0.399 e. The van der Waals surface area contributed by atoms with Gasteiger partial charge in [-0.2, -0.15) is 0 Å². The maximum Gasteiger partial charge on any atom is 0.494 e. The summed E-state index contributed by atoms with van der Waals surface area (Å²) in [4.78, 5) is 4.57. The molecule has 0 aromatic heterocycles. The molecule has 0 N–H and O–H groups in total. The van der Waals surface area contributed by atoms with Crippen molar-refractivity contribution in [2.75, 3.05) is 9.80 Å². The first-order chi connectivity index (χ1) is 19.8. The van der Waals surface area contributed by atoms with Gasteiger partial charge in [0.05, 0.1) is 11.2 Å². The Morgan fingerprint density at radius 1 is 0.415 bits per heavy atom. The molecule has 41 heavy (non-hydrogen) atoms. The van der Waals surface area contributed by atoms with Crippen LogP contribution in [0.1, 0.15) is 27.7 Å². The summed E-state index contributed by atoms with van der Waals surface area (Å²) < 4.78 is 13.2. The van der Waals surface area contributed by atoms with Gasteiger partial charge in [0.25, 0.3) is 0 Å². The zero-order valence-electron chi connectivity index (χ0n) is 24.1. The number of benzene rings is 5. The van der Waals surface area contributed by atoms with Gasteiger partial charge >= 0.3 is 7.12 Å². The number of nitrogens with zero attached hydrogens (tertiary/aromatic N) is 2. The molecule has 0 atom stereocenters. The molecule has 4 nitrogen and oxygen atoms in total. The molecule has 0 bridgehead atoms. The maximum absolute atomic E-state index is 6.58. The third kappa shape index (κ3) is 5.39. The van der Waals surface area contributed by atoms with Crippen LogP contribution in [-0.4, -0.2) is 18.3 Å². The van der Waals surface area contributed by atoms with Crippen molar-refractivity contribution >= 4 is 46.7 Å². The van der Waals surface area contributed by atoms with Crippen LogP contribution in [0, 0.1) is 0 Å². The fourth-order valence-electron chi connectivity index (χ4n) is 5.19. The Hall–Kier alpha value is -4.32. The van der Waals surface area contributed by atoms with E-state index in [1.807, 2.05) is 24.3 Å². The van der Waals surface area contributed by atoms with Gasteiger partial charge in [0.15, 0.2) is 0 Å². The zero-order valence-corrected chi connectivity index (χ0v) is 24.1. The average Bonchev–Trinajstić information content (AvgIpc) is 3.22. The van der Waals surface area contributed by atoms with Crippen molar-refractivity contribution in [3.05, 3.63) is 140 Å². The van der Waals surface area contributed by atoms with Gasteiger partial charge in [0.1, 0.15) is 0 Å². The first kappa shape index (κ1) is 26.9. The number of anilines is 6. The van der Waals surface area contributed by atoms with Gasteiger partial charge in [0, 0.05) is 34.1 Å². The molecule has 0 amide bonds. The van der Waals surface area contributed by atoms with E-state index in [-0.39, 0.29) is 0 Å². The van der Waals surface area contributed by atoms with Crippen LogP contribution in [0.5, 0.6) is 0 Å². The Kier molecular flexibility index (Phi) is 7.16. The summed E-state index contributed by atoms with van der Waals surface area (Å²) in [6.45, 7) is 8.38. The van der Waals surface area contributed by atoms with Gasteiger partial charge in [-0.1, -0.05) is 72.8 Å². The van der Waals surface area contributed by atoms with E-state index in [0.29, 0.717) is 0 Å². The topological polar surface area (TPSA) is 24.9 Å². The van der Waals surface area contributed by atoms with Gasteiger partial charge in [-0.05, 0) is 99.9 Å². The van der Waals surface area contributed by atoms with Crippen LogP contribution >= 0.6 is 0 Å². The van der Waals surface area contributed by atoms with E-state index in [9.17, 15) is 0 Å². The van der Waals surface area contributed by atoms with Crippen molar-refractivity contribution in [1.29, 1.82) is 0 Å². The molecule has 1 fully saturated rings. The van der Waals surface area contributed by atoms with Gasteiger partial charge < -0.3 is 19.1 Å². The van der Waals surface area contributed by atoms with Crippen molar-refractivity contribution in [3.63, 3.8) is 0 Å². The van der Waals surface area contributed by atoms with Crippen molar-refractivity contribution in [3.8, 4) is 0 Å². The van der Waals surface area contributed by atoms with E-state index in [0.717, 1.165) is 39.6 Å². The van der Waals surface area contributed by atoms with Gasteiger partial charge in [0.2, 0.25) is 0 Å². The number of para-hydroxylation sites is 4. The third-order valence-corrected chi connectivity index (χ3v) is 8.02. The smallest absolute Gasteiger partial charge is 0.399 e. The highest BCUT2D eigenvalue weighted by Crippen LogP contribution is 2.41. The van der Waals surface area contributed by atoms with E-state index < -0.39 is 18.3 Å². The largest absolute Gasteiger partial charge is 0.494 e. The molecular formula is C36H35BN2O2. The lowest BCUT2D eigenvalue weighted by Gasteiger charge is -2.32. The monoisotopic (exact) mass is 538 g/mol. The van der Waals surface area contributed by atoms with E-state index in [1.165, 1.54) is 0 Å². The van der Waals surface area contributed by atoms with Crippen molar-refractivity contribution in [1.82, 2.24) is 0 Å². The molecule has 5 aromatic rings. The number of rotatable bonds is 7. The summed E-state index contributed by atoms with van der Waals surface area (Å²) in [5.74, 6) is 0. The van der Waals surface area contributed by atoms with Gasteiger partial charge in [-0.15, -0.1) is 0 Å². The van der Waals surface area contributed by atoms with Crippen molar-refractivity contribution in [2.45, 2.75) is 38.9 Å². The standard InChI is InChI=1S/C36H35BN2O2/c1-35(2)36(3,4)41-37(40-35)28-25-33(38(29-17-9-5-10-18-29)30-19-11-6-12-20-30)27-34(26-28)39(31-21-13-7-14-22-31)32-23-15-8-16-24-32/h5-27H,1-4H3. The summed E-state index contributed by atoms with van der Waals surface area (Å²) in [7, 11) is -0.513. The SMILES string of the molecule is CC1(C)OB(c2cc(N(c3ccccc3)c3ccccc3)cc(N(c3ccccc3)c3ccccc3)c2)OC1(C)C. The molecule has 1 aliphatic heterocycles. The molecule has 6 rings (SSSR count). The highest BCUT2D eigenvalue weighted by atomic mass is 16.7. The maximum atomic E-state index is 6.58. The minimum atomic E-state index is -0.513. The lowest BCUT2D eigenvalue weighted by atomic mass is 9.78. The van der Waals surface area contributed by atoms with Gasteiger partial charge in [-0.3, -0.25) is 0 Å². The molecule has 5 aromatic carbocycles. The molecule has 5 heteroatoms. The van der Waals surface area contributed by atoms with E-state index in [2.05, 4.69) is 153 Å². The molecule has 0 unspecified atom stereocenters. The lowest BCUT2D eigenvalue weighted by molar-refractivity contribution is 0.00578. The average molecular weight is 539 g/mol. The molecule has 0 aliphatic carbocycles. The molecule has 1 saturated heterocycles. The van der Waals surface area contributed by atoms with Crippen LogP contribution in [0.2, 0.25) is 0 Å². The Morgan fingerprint density at radius 3 is 1.00 bits per heavy atom. The van der Waals surface area contributed by atoms with E-state index in [1.54, 1.807) is 0 Å². The van der Waals surface area contributed by atoms with Crippen LogP contribution in [0.3, 0.4) is 0 Å². The Balaban J connectivity index is 1.59. The quantitative estimate of drug-likeness (QED) is 0.193. The second kappa shape index (κ2) is 10.9. The fraction of sp³-hybridized carbons (Fsp3) is 0.167. The number of hydrogen-bond donors (Lipinski definition) is 0. The summed E-state index contributed by atoms with van der Waals surface area (Å²) in [5.41, 5.74) is 6.37. The zero-order chi connectivity index (χ0) is 28.5. The summed E-state index contributed by atoms with van der Waals surface area (Å²) >= 11 is 0. The molecule has 0 saturated carbocycles. The minimum absolute atomic E-state index is 0.453. The normalized spacial score (nSPS) is 15.5. The summed E-state index contributed by atoms with van der Waals surface area (Å²) in [5, 5.41) is 0. The van der Waals surface area contributed by atoms with Crippen LogP contribution in [0.4, 0.5) is 34.1 Å². The fourth-order valence-corrected chi connectivity index (χ4v) is 5.19. The lowest BCUT2D eigenvalue weighted by Crippen LogP contribution is -2.41.